The van der Waals surface area contributed by atoms with Crippen LogP contribution >= 0.6 is 0 Å². The molecule has 0 amide bonds. The van der Waals surface area contributed by atoms with Crippen LogP contribution in [0.3, 0.4) is 0 Å². The molecule has 0 unspecified atom stereocenters. The van der Waals surface area contributed by atoms with E-state index in [9.17, 15) is 4.39 Å². The van der Waals surface area contributed by atoms with Crippen molar-refractivity contribution >= 4 is 5.82 Å². The van der Waals surface area contributed by atoms with Crippen LogP contribution in [-0.4, -0.2) is 19.3 Å². The van der Waals surface area contributed by atoms with Crippen LogP contribution in [-0.2, 0) is 7.05 Å². The standard InChI is InChI=1S/C14H14FN5/c1-9-17-5-6-20(9)13-4-3-10(7-12(13)15)11-8-18-19(2)14(11)16/h3-8H,16H2,1-2H3. The van der Waals surface area contributed by atoms with Gasteiger partial charge in [-0.15, -0.1) is 0 Å². The van der Waals surface area contributed by atoms with E-state index in [2.05, 4.69) is 10.1 Å². The maximum atomic E-state index is 14.3. The van der Waals surface area contributed by atoms with Gasteiger partial charge in [0.15, 0.2) is 0 Å². The van der Waals surface area contributed by atoms with Crippen LogP contribution in [0, 0.1) is 12.7 Å². The number of aromatic nitrogens is 4. The fraction of sp³-hybridized carbons (Fsp3) is 0.143. The van der Waals surface area contributed by atoms with Gasteiger partial charge in [-0.3, -0.25) is 4.68 Å². The Morgan fingerprint density at radius 2 is 2.10 bits per heavy atom. The van der Waals surface area contributed by atoms with E-state index in [4.69, 9.17) is 5.73 Å². The van der Waals surface area contributed by atoms with Gasteiger partial charge in [-0.1, -0.05) is 6.07 Å². The maximum absolute atomic E-state index is 14.3. The molecular formula is C14H14FN5. The highest BCUT2D eigenvalue weighted by molar-refractivity contribution is 5.74. The Labute approximate surface area is 115 Å². The highest BCUT2D eigenvalue weighted by Crippen LogP contribution is 2.27. The summed E-state index contributed by atoms with van der Waals surface area (Å²) in [5, 5.41) is 4.06. The lowest BCUT2D eigenvalue weighted by Gasteiger charge is -2.08. The van der Waals surface area contributed by atoms with Gasteiger partial charge in [0.1, 0.15) is 17.5 Å². The second-order valence-electron chi connectivity index (χ2n) is 4.58. The van der Waals surface area contributed by atoms with Gasteiger partial charge in [0.05, 0.1) is 11.9 Å². The Morgan fingerprint density at radius 1 is 1.30 bits per heavy atom. The van der Waals surface area contributed by atoms with Crippen molar-refractivity contribution in [2.24, 2.45) is 7.05 Å². The van der Waals surface area contributed by atoms with Crippen molar-refractivity contribution in [2.45, 2.75) is 6.92 Å². The Morgan fingerprint density at radius 3 is 2.65 bits per heavy atom. The number of nitrogens with zero attached hydrogens (tertiary/aromatic N) is 4. The number of imidazole rings is 1. The number of hydrogen-bond donors (Lipinski definition) is 1. The molecule has 2 aromatic heterocycles. The average molecular weight is 271 g/mol. The summed E-state index contributed by atoms with van der Waals surface area (Å²) in [6.07, 6.45) is 5.00. The number of hydrogen-bond acceptors (Lipinski definition) is 3. The summed E-state index contributed by atoms with van der Waals surface area (Å²) in [6.45, 7) is 1.83. The molecule has 6 heteroatoms. The first-order valence-electron chi connectivity index (χ1n) is 6.15. The van der Waals surface area contributed by atoms with E-state index >= 15 is 0 Å². The van der Waals surface area contributed by atoms with Crippen LogP contribution < -0.4 is 5.73 Å². The van der Waals surface area contributed by atoms with E-state index in [0.29, 0.717) is 17.1 Å². The number of anilines is 1. The van der Waals surface area contributed by atoms with Crippen LogP contribution in [0.1, 0.15) is 5.82 Å². The first-order valence-corrected chi connectivity index (χ1v) is 6.15. The molecule has 3 aromatic rings. The van der Waals surface area contributed by atoms with Gasteiger partial charge in [0.2, 0.25) is 0 Å². The summed E-state index contributed by atoms with van der Waals surface area (Å²) in [7, 11) is 1.75. The fourth-order valence-electron chi connectivity index (χ4n) is 2.17. The van der Waals surface area contributed by atoms with Crippen LogP contribution in [0.25, 0.3) is 16.8 Å². The van der Waals surface area contributed by atoms with E-state index in [0.717, 1.165) is 11.4 Å². The zero-order valence-electron chi connectivity index (χ0n) is 11.2. The Kier molecular flexibility index (Phi) is 2.78. The SMILES string of the molecule is Cc1nccn1-c1ccc(-c2cnn(C)c2N)cc1F. The summed E-state index contributed by atoms with van der Waals surface area (Å²) in [4.78, 5) is 4.10. The third-order valence-corrected chi connectivity index (χ3v) is 3.33. The Bertz CT molecular complexity index is 772. The molecule has 20 heavy (non-hydrogen) atoms. The molecule has 102 valence electrons. The van der Waals surface area contributed by atoms with Crippen molar-refractivity contribution < 1.29 is 4.39 Å². The van der Waals surface area contributed by atoms with Crippen LogP contribution in [0.4, 0.5) is 10.2 Å². The summed E-state index contributed by atoms with van der Waals surface area (Å²) in [6, 6.07) is 5.00. The molecule has 5 nitrogen and oxygen atoms in total. The van der Waals surface area contributed by atoms with Gasteiger partial charge in [-0.05, 0) is 24.6 Å². The summed E-state index contributed by atoms with van der Waals surface area (Å²) in [5.74, 6) is 0.917. The topological polar surface area (TPSA) is 61.7 Å². The molecule has 0 aliphatic heterocycles. The van der Waals surface area contributed by atoms with Crippen LogP contribution in [0.2, 0.25) is 0 Å². The molecule has 2 N–H and O–H groups in total. The van der Waals surface area contributed by atoms with Crippen molar-refractivity contribution in [2.75, 3.05) is 5.73 Å². The van der Waals surface area contributed by atoms with E-state index in [1.54, 1.807) is 41.0 Å². The van der Waals surface area contributed by atoms with Crippen molar-refractivity contribution in [1.29, 1.82) is 0 Å². The number of rotatable bonds is 2. The van der Waals surface area contributed by atoms with E-state index < -0.39 is 0 Å². The molecular weight excluding hydrogens is 257 g/mol. The zero-order chi connectivity index (χ0) is 14.3. The largest absolute Gasteiger partial charge is 0.383 e. The average Bonchev–Trinajstić information content (AvgIpc) is 2.98. The van der Waals surface area contributed by atoms with Gasteiger partial charge >= 0.3 is 0 Å². The number of halogens is 1. The van der Waals surface area contributed by atoms with Gasteiger partial charge in [-0.2, -0.15) is 5.10 Å². The molecule has 0 bridgehead atoms. The Hall–Kier alpha value is -2.63. The fourth-order valence-corrected chi connectivity index (χ4v) is 2.17. The van der Waals surface area contributed by atoms with Crippen molar-refractivity contribution in [1.82, 2.24) is 19.3 Å². The zero-order valence-corrected chi connectivity index (χ0v) is 11.2. The number of aryl methyl sites for hydroxylation is 2. The maximum Gasteiger partial charge on any atom is 0.147 e. The molecule has 0 spiro atoms. The molecule has 1 aromatic carbocycles. The van der Waals surface area contributed by atoms with Crippen molar-refractivity contribution in [3.8, 4) is 16.8 Å². The quantitative estimate of drug-likeness (QED) is 0.778. The minimum absolute atomic E-state index is 0.327. The van der Waals surface area contributed by atoms with Crippen molar-refractivity contribution in [3.63, 3.8) is 0 Å². The van der Waals surface area contributed by atoms with Gasteiger partial charge in [0, 0.05) is 25.0 Å². The predicted octanol–water partition coefficient (Wildman–Crippen LogP) is 2.30. The number of benzene rings is 1. The lowest BCUT2D eigenvalue weighted by atomic mass is 10.1. The molecule has 0 saturated carbocycles. The highest BCUT2D eigenvalue weighted by atomic mass is 19.1. The second kappa shape index (κ2) is 4.48. The van der Waals surface area contributed by atoms with E-state index in [1.807, 2.05) is 13.0 Å². The number of nitrogen functional groups attached to an aromatic ring is 1. The minimum Gasteiger partial charge on any atom is -0.383 e. The first-order chi connectivity index (χ1) is 9.58. The molecule has 0 aliphatic rings. The van der Waals surface area contributed by atoms with Gasteiger partial charge < -0.3 is 10.3 Å². The Balaban J connectivity index is 2.08. The monoisotopic (exact) mass is 271 g/mol. The molecule has 0 saturated heterocycles. The first kappa shape index (κ1) is 12.4. The lowest BCUT2D eigenvalue weighted by Crippen LogP contribution is -2.00. The predicted molar refractivity (Wildman–Crippen MR) is 74.9 cm³/mol. The molecule has 0 fully saturated rings. The molecule has 0 aliphatic carbocycles. The van der Waals surface area contributed by atoms with E-state index in [-0.39, 0.29) is 5.82 Å². The third-order valence-electron chi connectivity index (χ3n) is 3.33. The highest BCUT2D eigenvalue weighted by Gasteiger charge is 2.12. The molecule has 0 atom stereocenters. The smallest absolute Gasteiger partial charge is 0.147 e. The second-order valence-corrected chi connectivity index (χ2v) is 4.58. The molecule has 2 heterocycles. The minimum atomic E-state index is -0.327. The molecule has 0 radical (unpaired) electrons. The summed E-state index contributed by atoms with van der Waals surface area (Å²) < 4.78 is 17.6. The lowest BCUT2D eigenvalue weighted by molar-refractivity contribution is 0.617. The van der Waals surface area contributed by atoms with Gasteiger partial charge in [-0.25, -0.2) is 9.37 Å². The van der Waals surface area contributed by atoms with Gasteiger partial charge in [0.25, 0.3) is 0 Å². The summed E-state index contributed by atoms with van der Waals surface area (Å²) >= 11 is 0. The summed E-state index contributed by atoms with van der Waals surface area (Å²) in [5.41, 5.74) is 7.79. The molecule has 3 rings (SSSR count). The van der Waals surface area contributed by atoms with E-state index in [1.165, 1.54) is 6.07 Å². The normalized spacial score (nSPS) is 10.9. The van der Waals surface area contributed by atoms with Crippen molar-refractivity contribution in [3.05, 3.63) is 48.4 Å². The third kappa shape index (κ3) is 1.85. The van der Waals surface area contributed by atoms with Crippen LogP contribution in [0.5, 0.6) is 0 Å². The van der Waals surface area contributed by atoms with Crippen LogP contribution in [0.15, 0.2) is 36.8 Å². The number of nitrogens with two attached hydrogens (primary N) is 1.